The minimum absolute atomic E-state index is 0.331. The molecular weight excluding hydrogens is 352 g/mol. The Morgan fingerprint density at radius 1 is 1.29 bits per heavy atom. The van der Waals surface area contributed by atoms with E-state index < -0.39 is 0 Å². The molecule has 3 nitrogen and oxygen atoms in total. The van der Waals surface area contributed by atoms with E-state index in [4.69, 9.17) is 16.3 Å². The fraction of sp³-hybridized carbons (Fsp3) is 0.188. The largest absolute Gasteiger partial charge is 0.494 e. The number of hydrogen-bond acceptors (Lipinski definition) is 2. The number of hydrogen-bond donors (Lipinski definition) is 0. The predicted molar refractivity (Wildman–Crippen MR) is 89.6 cm³/mol. The monoisotopic (exact) mass is 364 g/mol. The molecule has 3 aromatic rings. The number of para-hydroxylation sites is 1. The number of ether oxygens (including phenoxy) is 1. The van der Waals surface area contributed by atoms with Crippen molar-refractivity contribution in [1.29, 1.82) is 0 Å². The number of nitrogens with zero attached hydrogens (tertiary/aromatic N) is 2. The summed E-state index contributed by atoms with van der Waals surface area (Å²) in [5.74, 6) is 1.87. The first-order valence-corrected chi connectivity index (χ1v) is 7.85. The van der Waals surface area contributed by atoms with Crippen LogP contribution < -0.4 is 4.74 Å². The maximum absolute atomic E-state index is 6.09. The Labute approximate surface area is 136 Å². The molecule has 0 saturated carbocycles. The Morgan fingerprint density at radius 2 is 2.10 bits per heavy atom. The van der Waals surface area contributed by atoms with Gasteiger partial charge in [-0.2, -0.15) is 0 Å². The van der Waals surface area contributed by atoms with E-state index in [0.717, 1.165) is 32.8 Å². The molecule has 0 aliphatic heterocycles. The predicted octanol–water partition coefficient (Wildman–Crippen LogP) is 4.84. The van der Waals surface area contributed by atoms with Crippen molar-refractivity contribution in [3.05, 3.63) is 52.3 Å². The first-order chi connectivity index (χ1) is 10.2. The van der Waals surface area contributed by atoms with Gasteiger partial charge in [0, 0.05) is 4.47 Å². The maximum atomic E-state index is 6.09. The van der Waals surface area contributed by atoms with E-state index in [1.54, 1.807) is 7.11 Å². The summed E-state index contributed by atoms with van der Waals surface area (Å²) in [7, 11) is 1.65. The molecule has 0 atom stereocenters. The summed E-state index contributed by atoms with van der Waals surface area (Å²) in [6, 6.07) is 12.1. The Balaban J connectivity index is 2.35. The van der Waals surface area contributed by atoms with E-state index in [1.165, 1.54) is 5.56 Å². The van der Waals surface area contributed by atoms with E-state index in [0.29, 0.717) is 5.88 Å². The second-order valence-corrected chi connectivity index (χ2v) is 5.90. The summed E-state index contributed by atoms with van der Waals surface area (Å²) in [5, 5.41) is 0. The van der Waals surface area contributed by atoms with Crippen LogP contribution in [-0.4, -0.2) is 16.7 Å². The van der Waals surface area contributed by atoms with Crippen molar-refractivity contribution in [2.75, 3.05) is 7.11 Å². The van der Waals surface area contributed by atoms with E-state index in [1.807, 2.05) is 18.2 Å². The summed E-state index contributed by atoms with van der Waals surface area (Å²) >= 11 is 9.72. The number of rotatable bonds is 3. The molecule has 3 rings (SSSR count). The molecule has 0 aliphatic rings. The van der Waals surface area contributed by atoms with E-state index in [2.05, 4.69) is 50.6 Å². The molecule has 108 valence electrons. The topological polar surface area (TPSA) is 27.1 Å². The molecule has 5 heteroatoms. The standard InChI is InChI=1S/C16H14BrClN2O/c1-10-6-7-12(11(17)8-10)20-13-4-3-5-14(21-2)16(13)19-15(20)9-18/h3-8H,9H2,1-2H3. The third kappa shape index (κ3) is 2.43. The second kappa shape index (κ2) is 5.70. The van der Waals surface area contributed by atoms with Crippen molar-refractivity contribution in [3.63, 3.8) is 0 Å². The summed E-state index contributed by atoms with van der Waals surface area (Å²) in [4.78, 5) is 4.63. The molecule has 0 radical (unpaired) electrons. The Hall–Kier alpha value is -1.52. The highest BCUT2D eigenvalue weighted by Gasteiger charge is 2.16. The SMILES string of the molecule is COc1cccc2c1nc(CCl)n2-c1ccc(C)cc1Br. The van der Waals surface area contributed by atoms with Crippen LogP contribution in [0.3, 0.4) is 0 Å². The molecule has 0 N–H and O–H groups in total. The number of halogens is 2. The van der Waals surface area contributed by atoms with Crippen LogP contribution in [0.1, 0.15) is 11.4 Å². The zero-order chi connectivity index (χ0) is 15.0. The van der Waals surface area contributed by atoms with Gasteiger partial charge in [0.1, 0.15) is 17.1 Å². The molecule has 0 saturated heterocycles. The highest BCUT2D eigenvalue weighted by atomic mass is 79.9. The van der Waals surface area contributed by atoms with Gasteiger partial charge in [-0.1, -0.05) is 12.1 Å². The lowest BCUT2D eigenvalue weighted by Gasteiger charge is -2.11. The fourth-order valence-electron chi connectivity index (χ4n) is 2.44. The zero-order valence-electron chi connectivity index (χ0n) is 11.7. The average Bonchev–Trinajstić information content (AvgIpc) is 2.85. The number of alkyl halides is 1. The average molecular weight is 366 g/mol. The van der Waals surface area contributed by atoms with Crippen LogP contribution in [-0.2, 0) is 5.88 Å². The first-order valence-electron chi connectivity index (χ1n) is 6.52. The summed E-state index contributed by atoms with van der Waals surface area (Å²) in [6.07, 6.45) is 0. The van der Waals surface area contributed by atoms with E-state index in [9.17, 15) is 0 Å². The molecule has 1 aromatic heterocycles. The van der Waals surface area contributed by atoms with Crippen LogP contribution in [0.15, 0.2) is 40.9 Å². The molecule has 0 unspecified atom stereocenters. The maximum Gasteiger partial charge on any atom is 0.146 e. The normalized spacial score (nSPS) is 11.0. The van der Waals surface area contributed by atoms with Crippen molar-refractivity contribution in [2.24, 2.45) is 0 Å². The lowest BCUT2D eigenvalue weighted by molar-refractivity contribution is 0.419. The molecule has 21 heavy (non-hydrogen) atoms. The summed E-state index contributed by atoms with van der Waals surface area (Å²) in [6.45, 7) is 2.06. The van der Waals surface area contributed by atoms with Gasteiger partial charge in [-0.15, -0.1) is 11.6 Å². The highest BCUT2D eigenvalue weighted by Crippen LogP contribution is 2.32. The van der Waals surface area contributed by atoms with E-state index in [-0.39, 0.29) is 0 Å². The number of aryl methyl sites for hydroxylation is 1. The van der Waals surface area contributed by atoms with Gasteiger partial charge in [0.05, 0.1) is 24.2 Å². The summed E-state index contributed by atoms with van der Waals surface area (Å²) in [5.41, 5.74) is 4.02. The van der Waals surface area contributed by atoms with Crippen LogP contribution >= 0.6 is 27.5 Å². The molecule has 1 heterocycles. The Bertz CT molecular complexity index is 813. The van der Waals surface area contributed by atoms with Crippen molar-refractivity contribution >= 4 is 38.6 Å². The van der Waals surface area contributed by atoms with E-state index >= 15 is 0 Å². The van der Waals surface area contributed by atoms with Gasteiger partial charge in [0.15, 0.2) is 0 Å². The molecule has 0 spiro atoms. The van der Waals surface area contributed by atoms with Crippen LogP contribution in [0.25, 0.3) is 16.7 Å². The minimum atomic E-state index is 0.331. The fourth-order valence-corrected chi connectivity index (χ4v) is 3.29. The molecular formula is C16H14BrClN2O. The van der Waals surface area contributed by atoms with Crippen molar-refractivity contribution in [3.8, 4) is 11.4 Å². The van der Waals surface area contributed by atoms with Gasteiger partial charge < -0.3 is 4.74 Å². The Morgan fingerprint density at radius 3 is 2.76 bits per heavy atom. The number of aromatic nitrogens is 2. The van der Waals surface area contributed by atoms with Crippen molar-refractivity contribution in [1.82, 2.24) is 9.55 Å². The molecule has 0 fully saturated rings. The molecule has 0 aliphatic carbocycles. The minimum Gasteiger partial charge on any atom is -0.494 e. The van der Waals surface area contributed by atoms with Gasteiger partial charge in [-0.05, 0) is 52.7 Å². The third-order valence-electron chi connectivity index (χ3n) is 3.40. The van der Waals surface area contributed by atoms with Crippen molar-refractivity contribution in [2.45, 2.75) is 12.8 Å². The lowest BCUT2D eigenvalue weighted by atomic mass is 10.2. The highest BCUT2D eigenvalue weighted by molar-refractivity contribution is 9.10. The molecule has 2 aromatic carbocycles. The van der Waals surface area contributed by atoms with Crippen LogP contribution in [0.5, 0.6) is 5.75 Å². The quantitative estimate of drug-likeness (QED) is 0.621. The molecule has 0 bridgehead atoms. The van der Waals surface area contributed by atoms with Gasteiger partial charge in [0.25, 0.3) is 0 Å². The smallest absolute Gasteiger partial charge is 0.146 e. The number of fused-ring (bicyclic) bond motifs is 1. The second-order valence-electron chi connectivity index (χ2n) is 4.78. The number of methoxy groups -OCH3 is 1. The van der Waals surface area contributed by atoms with Crippen LogP contribution in [0.4, 0.5) is 0 Å². The van der Waals surface area contributed by atoms with Gasteiger partial charge >= 0.3 is 0 Å². The lowest BCUT2D eigenvalue weighted by Crippen LogP contribution is -2.00. The van der Waals surface area contributed by atoms with Gasteiger partial charge in [-0.25, -0.2) is 4.98 Å². The van der Waals surface area contributed by atoms with Gasteiger partial charge in [-0.3, -0.25) is 4.57 Å². The third-order valence-corrected chi connectivity index (χ3v) is 4.28. The number of imidazole rings is 1. The zero-order valence-corrected chi connectivity index (χ0v) is 14.1. The van der Waals surface area contributed by atoms with Crippen LogP contribution in [0.2, 0.25) is 0 Å². The summed E-state index contributed by atoms with van der Waals surface area (Å²) < 4.78 is 8.47. The van der Waals surface area contributed by atoms with Crippen molar-refractivity contribution < 1.29 is 4.74 Å². The van der Waals surface area contributed by atoms with Crippen LogP contribution in [0, 0.1) is 6.92 Å². The van der Waals surface area contributed by atoms with Gasteiger partial charge in [0.2, 0.25) is 0 Å². The Kier molecular flexibility index (Phi) is 3.91. The number of benzene rings is 2. The molecule has 0 amide bonds. The first kappa shape index (κ1) is 14.4.